The van der Waals surface area contributed by atoms with Crippen molar-refractivity contribution in [3.63, 3.8) is 0 Å². The van der Waals surface area contributed by atoms with E-state index in [1.165, 1.54) is 6.42 Å². The summed E-state index contributed by atoms with van der Waals surface area (Å²) in [6.07, 6.45) is 5.15. The van der Waals surface area contributed by atoms with Gasteiger partial charge in [0, 0.05) is 31.9 Å². The molecule has 1 saturated heterocycles. The first kappa shape index (κ1) is 14.8. The summed E-state index contributed by atoms with van der Waals surface area (Å²) in [5.41, 5.74) is 0.729. The zero-order valence-electron chi connectivity index (χ0n) is 12.7. The van der Waals surface area contributed by atoms with Crippen molar-refractivity contribution in [2.45, 2.75) is 33.1 Å². The Kier molecular flexibility index (Phi) is 4.99. The van der Waals surface area contributed by atoms with Crippen LogP contribution in [0.4, 0.5) is 5.82 Å². The Bertz CT molecular complexity index is 459. The zero-order chi connectivity index (χ0) is 14.5. The van der Waals surface area contributed by atoms with Gasteiger partial charge in [0.05, 0.1) is 0 Å². The molecule has 1 unspecified atom stereocenters. The maximum atomic E-state index is 12.6. The topological polar surface area (TPSA) is 45.2 Å². The number of nitrogens with zero attached hydrogens (tertiary/aromatic N) is 2. The molecule has 1 fully saturated rings. The lowest BCUT2D eigenvalue weighted by Gasteiger charge is -2.21. The van der Waals surface area contributed by atoms with Crippen molar-refractivity contribution in [3.05, 3.63) is 23.9 Å². The summed E-state index contributed by atoms with van der Waals surface area (Å²) in [5, 5.41) is 2.98. The Balaban J connectivity index is 2.05. The summed E-state index contributed by atoms with van der Waals surface area (Å²) in [5.74, 6) is 2.33. The molecule has 1 aliphatic heterocycles. The third kappa shape index (κ3) is 3.50. The lowest BCUT2D eigenvalue weighted by molar-refractivity contribution is 0.0758. The second kappa shape index (κ2) is 6.73. The number of carbonyl (C=O) groups excluding carboxylic acids is 1. The molecule has 0 bridgehead atoms. The molecular formula is C16H25N3O. The quantitative estimate of drug-likeness (QED) is 0.922. The highest BCUT2D eigenvalue weighted by atomic mass is 16.2. The highest BCUT2D eigenvalue weighted by Gasteiger charge is 2.23. The number of hydrogen-bond donors (Lipinski definition) is 1. The minimum Gasteiger partial charge on any atom is -0.373 e. The van der Waals surface area contributed by atoms with Gasteiger partial charge in [-0.1, -0.05) is 13.8 Å². The van der Waals surface area contributed by atoms with Crippen molar-refractivity contribution in [2.24, 2.45) is 11.8 Å². The summed E-state index contributed by atoms with van der Waals surface area (Å²) in [6, 6.07) is 3.63. The van der Waals surface area contributed by atoms with E-state index >= 15 is 0 Å². The van der Waals surface area contributed by atoms with Crippen molar-refractivity contribution in [2.75, 3.05) is 25.5 Å². The molecule has 2 rings (SSSR count). The van der Waals surface area contributed by atoms with Crippen LogP contribution in [0.25, 0.3) is 0 Å². The van der Waals surface area contributed by atoms with E-state index in [-0.39, 0.29) is 5.91 Å². The van der Waals surface area contributed by atoms with Gasteiger partial charge in [-0.25, -0.2) is 4.98 Å². The second-order valence-corrected chi connectivity index (χ2v) is 5.91. The average Bonchev–Trinajstić information content (AvgIpc) is 2.72. The van der Waals surface area contributed by atoms with Crippen LogP contribution in [-0.4, -0.2) is 35.9 Å². The number of amides is 1. The van der Waals surface area contributed by atoms with Crippen LogP contribution in [0.2, 0.25) is 0 Å². The van der Waals surface area contributed by atoms with Gasteiger partial charge in [-0.2, -0.15) is 0 Å². The molecule has 1 aliphatic rings. The highest BCUT2D eigenvalue weighted by molar-refractivity contribution is 5.94. The van der Waals surface area contributed by atoms with E-state index in [0.29, 0.717) is 5.92 Å². The van der Waals surface area contributed by atoms with Crippen molar-refractivity contribution in [3.8, 4) is 0 Å². The monoisotopic (exact) mass is 275 g/mol. The fraction of sp³-hybridized carbons (Fsp3) is 0.625. The lowest BCUT2D eigenvalue weighted by Crippen LogP contribution is -2.32. The minimum atomic E-state index is 0.133. The van der Waals surface area contributed by atoms with Gasteiger partial charge in [0.25, 0.3) is 5.91 Å². The van der Waals surface area contributed by atoms with Crippen molar-refractivity contribution < 1.29 is 4.79 Å². The molecule has 0 spiro atoms. The Hall–Kier alpha value is -1.58. The largest absolute Gasteiger partial charge is 0.373 e. The first-order valence-electron chi connectivity index (χ1n) is 7.55. The molecule has 4 heteroatoms. The van der Waals surface area contributed by atoms with E-state index in [4.69, 9.17) is 0 Å². The van der Waals surface area contributed by atoms with E-state index in [9.17, 15) is 4.79 Å². The summed E-state index contributed by atoms with van der Waals surface area (Å²) in [4.78, 5) is 18.7. The number of likely N-dealkylation sites (tertiary alicyclic amines) is 1. The van der Waals surface area contributed by atoms with Crippen LogP contribution in [0.5, 0.6) is 0 Å². The standard InChI is InChI=1S/C16H25N3O/c1-12(2)13-5-4-9-19(10-7-13)16(20)14-6-8-18-15(11-14)17-3/h6,8,11-13H,4-5,7,9-10H2,1-3H3,(H,17,18). The molecule has 0 radical (unpaired) electrons. The van der Waals surface area contributed by atoms with E-state index in [2.05, 4.69) is 24.1 Å². The number of aromatic nitrogens is 1. The molecule has 110 valence electrons. The first-order valence-corrected chi connectivity index (χ1v) is 7.55. The number of hydrogen-bond acceptors (Lipinski definition) is 3. The van der Waals surface area contributed by atoms with Gasteiger partial charge in [-0.05, 0) is 43.2 Å². The van der Waals surface area contributed by atoms with Gasteiger partial charge < -0.3 is 10.2 Å². The van der Waals surface area contributed by atoms with Crippen molar-refractivity contribution in [1.29, 1.82) is 0 Å². The number of nitrogens with one attached hydrogen (secondary N) is 1. The summed E-state index contributed by atoms with van der Waals surface area (Å²) in [6.45, 7) is 6.31. The Morgan fingerprint density at radius 2 is 2.20 bits per heavy atom. The number of pyridine rings is 1. The Morgan fingerprint density at radius 3 is 2.90 bits per heavy atom. The van der Waals surface area contributed by atoms with Gasteiger partial charge in [0.2, 0.25) is 0 Å². The molecule has 20 heavy (non-hydrogen) atoms. The molecule has 1 aromatic heterocycles. The molecule has 1 atom stereocenters. The minimum absolute atomic E-state index is 0.133. The summed E-state index contributed by atoms with van der Waals surface area (Å²) < 4.78 is 0. The summed E-state index contributed by atoms with van der Waals surface area (Å²) >= 11 is 0. The van der Waals surface area contributed by atoms with Gasteiger partial charge in [-0.3, -0.25) is 4.79 Å². The van der Waals surface area contributed by atoms with E-state index in [1.807, 2.05) is 18.0 Å². The molecule has 0 aromatic carbocycles. The lowest BCUT2D eigenvalue weighted by atomic mass is 9.89. The van der Waals surface area contributed by atoms with Crippen molar-refractivity contribution >= 4 is 11.7 Å². The second-order valence-electron chi connectivity index (χ2n) is 5.91. The Morgan fingerprint density at radius 1 is 1.40 bits per heavy atom. The van der Waals surface area contributed by atoms with Crippen LogP contribution >= 0.6 is 0 Å². The average molecular weight is 275 g/mol. The van der Waals surface area contributed by atoms with Gasteiger partial charge >= 0.3 is 0 Å². The molecule has 1 aromatic rings. The zero-order valence-corrected chi connectivity index (χ0v) is 12.7. The van der Waals surface area contributed by atoms with Gasteiger partial charge in [0.15, 0.2) is 0 Å². The molecule has 0 aliphatic carbocycles. The van der Waals surface area contributed by atoms with E-state index in [1.54, 1.807) is 12.3 Å². The highest BCUT2D eigenvalue weighted by Crippen LogP contribution is 2.25. The predicted molar refractivity (Wildman–Crippen MR) is 81.9 cm³/mol. The van der Waals surface area contributed by atoms with Crippen LogP contribution in [0, 0.1) is 11.8 Å². The molecular weight excluding hydrogens is 250 g/mol. The normalized spacial score (nSPS) is 19.8. The van der Waals surface area contributed by atoms with Crippen LogP contribution < -0.4 is 5.32 Å². The van der Waals surface area contributed by atoms with Crippen LogP contribution in [0.1, 0.15) is 43.5 Å². The van der Waals surface area contributed by atoms with E-state index in [0.717, 1.165) is 43.2 Å². The van der Waals surface area contributed by atoms with Gasteiger partial charge in [0.1, 0.15) is 5.82 Å². The van der Waals surface area contributed by atoms with Gasteiger partial charge in [-0.15, -0.1) is 0 Å². The smallest absolute Gasteiger partial charge is 0.254 e. The predicted octanol–water partition coefficient (Wildman–Crippen LogP) is 3.02. The number of carbonyl (C=O) groups is 1. The number of anilines is 1. The number of rotatable bonds is 3. The molecule has 1 amide bonds. The maximum absolute atomic E-state index is 12.6. The van der Waals surface area contributed by atoms with Crippen LogP contribution in [0.3, 0.4) is 0 Å². The maximum Gasteiger partial charge on any atom is 0.254 e. The fourth-order valence-electron chi connectivity index (χ4n) is 2.87. The summed E-state index contributed by atoms with van der Waals surface area (Å²) in [7, 11) is 1.82. The Labute approximate surface area is 121 Å². The molecule has 2 heterocycles. The molecule has 0 saturated carbocycles. The third-order valence-electron chi connectivity index (χ3n) is 4.27. The fourth-order valence-corrected chi connectivity index (χ4v) is 2.87. The van der Waals surface area contributed by atoms with Crippen LogP contribution in [-0.2, 0) is 0 Å². The van der Waals surface area contributed by atoms with E-state index < -0.39 is 0 Å². The molecule has 4 nitrogen and oxygen atoms in total. The molecule has 1 N–H and O–H groups in total. The SMILES string of the molecule is CNc1cc(C(=O)N2CCCC(C(C)C)CC2)ccn1. The van der Waals surface area contributed by atoms with Crippen molar-refractivity contribution in [1.82, 2.24) is 9.88 Å². The first-order chi connectivity index (χ1) is 9.61. The van der Waals surface area contributed by atoms with Crippen LogP contribution in [0.15, 0.2) is 18.3 Å². The third-order valence-corrected chi connectivity index (χ3v) is 4.27.